The molecule has 2 heterocycles. The minimum absolute atomic E-state index is 0.0644. The lowest BCUT2D eigenvalue weighted by Gasteiger charge is -2.28. The molecule has 1 amide bonds. The summed E-state index contributed by atoms with van der Waals surface area (Å²) >= 11 is 10.7. The number of aromatic nitrogens is 1. The molecule has 0 aromatic carbocycles. The molecule has 1 aliphatic rings. The molecule has 2 rings (SSSR count). The first-order valence-corrected chi connectivity index (χ1v) is 8.21. The number of aliphatic hydroxyl groups excluding tert-OH is 3. The summed E-state index contributed by atoms with van der Waals surface area (Å²) in [7, 11) is 0. The van der Waals surface area contributed by atoms with Crippen LogP contribution in [0.4, 0.5) is 0 Å². The van der Waals surface area contributed by atoms with Gasteiger partial charge in [0.25, 0.3) is 11.8 Å². The second-order valence-corrected chi connectivity index (χ2v) is 6.49. The lowest BCUT2D eigenvalue weighted by atomic mass is 10.1. The van der Waals surface area contributed by atoms with Gasteiger partial charge in [-0.1, -0.05) is 35.0 Å². The van der Waals surface area contributed by atoms with Crippen molar-refractivity contribution >= 4 is 35.4 Å². The molecule has 0 bridgehead atoms. The van der Waals surface area contributed by atoms with Gasteiger partial charge < -0.3 is 30.5 Å². The Morgan fingerprint density at radius 2 is 2.19 bits per heavy atom. The Kier molecular flexibility index (Phi) is 6.65. The zero-order valence-electron chi connectivity index (χ0n) is 13.2. The fourth-order valence-corrected chi connectivity index (χ4v) is 2.56. The third kappa shape index (κ3) is 4.02. The van der Waals surface area contributed by atoms with Gasteiger partial charge in [0.15, 0.2) is 17.2 Å². The summed E-state index contributed by atoms with van der Waals surface area (Å²) in [5.74, 6) is 2.15. The average Bonchev–Trinajstić information content (AvgIpc) is 3.13. The fourth-order valence-electron chi connectivity index (χ4n) is 2.40. The van der Waals surface area contributed by atoms with E-state index in [-0.39, 0.29) is 17.8 Å². The molecule has 1 fully saturated rings. The number of rotatable bonds is 5. The van der Waals surface area contributed by atoms with Gasteiger partial charge in [-0.05, 0) is 6.07 Å². The number of halogens is 2. The topological polar surface area (TPSA) is 141 Å². The van der Waals surface area contributed by atoms with Crippen molar-refractivity contribution in [2.75, 3.05) is 13.2 Å². The maximum atomic E-state index is 11.3. The Labute approximate surface area is 158 Å². The molecule has 4 atom stereocenters. The molecule has 0 spiro atoms. The van der Waals surface area contributed by atoms with Gasteiger partial charge in [0.2, 0.25) is 0 Å². The van der Waals surface area contributed by atoms with Crippen molar-refractivity contribution in [3.63, 3.8) is 0 Å². The monoisotopic (exact) mass is 406 g/mol. The minimum atomic E-state index is -2.46. The molecule has 9 nitrogen and oxygen atoms in total. The number of carbonyl (C=O) groups is 2. The van der Waals surface area contributed by atoms with E-state index in [1.807, 2.05) is 0 Å². The van der Waals surface area contributed by atoms with Crippen LogP contribution in [0.5, 0.6) is 0 Å². The highest BCUT2D eigenvalue weighted by Crippen LogP contribution is 2.34. The van der Waals surface area contributed by atoms with E-state index >= 15 is 0 Å². The summed E-state index contributed by atoms with van der Waals surface area (Å²) < 4.78 is 6.03. The summed E-state index contributed by atoms with van der Waals surface area (Å²) in [5.41, 5.74) is 0.174. The summed E-state index contributed by atoms with van der Waals surface area (Å²) in [4.78, 5) is 21.2. The summed E-state index contributed by atoms with van der Waals surface area (Å²) in [6.45, 7) is -0.711. The molecule has 1 aromatic rings. The van der Waals surface area contributed by atoms with Crippen molar-refractivity contribution in [1.82, 2.24) is 9.88 Å². The second-order valence-electron chi connectivity index (χ2n) is 5.39. The number of amides is 1. The second kappa shape index (κ2) is 8.37. The standard InChI is InChI=1S/C15H16Cl2N2O7/c16-13(17)14(24)18-3-1-2-8-4-9(6-20)19(5-8)15(25)12(23)11(22)10(7-21)26-15/h4-6,10-13,21-23,25H,3,7H2,(H,18,24)/t10-,11-,12-,15+/m1/s1. The lowest BCUT2D eigenvalue weighted by Crippen LogP contribution is -2.46. The van der Waals surface area contributed by atoms with E-state index in [4.69, 9.17) is 33.0 Å². The first kappa shape index (κ1) is 20.7. The molecular formula is C15H16Cl2N2O7. The first-order valence-electron chi connectivity index (χ1n) is 7.34. The summed E-state index contributed by atoms with van der Waals surface area (Å²) in [6.07, 6.45) is -2.99. The highest BCUT2D eigenvalue weighted by atomic mass is 35.5. The number of ether oxygens (including phenoxy) is 1. The van der Waals surface area contributed by atoms with Gasteiger partial charge in [-0.3, -0.25) is 14.2 Å². The van der Waals surface area contributed by atoms with Gasteiger partial charge in [-0.2, -0.15) is 0 Å². The van der Waals surface area contributed by atoms with Gasteiger partial charge in [-0.15, -0.1) is 0 Å². The highest BCUT2D eigenvalue weighted by Gasteiger charge is 2.55. The van der Waals surface area contributed by atoms with Crippen LogP contribution in [0.15, 0.2) is 12.3 Å². The first-order chi connectivity index (χ1) is 12.2. The van der Waals surface area contributed by atoms with Crippen LogP contribution in [0.2, 0.25) is 0 Å². The smallest absolute Gasteiger partial charge is 0.283 e. The van der Waals surface area contributed by atoms with Crippen molar-refractivity contribution < 1.29 is 34.8 Å². The number of aliphatic hydroxyl groups is 4. The van der Waals surface area contributed by atoms with Crippen molar-refractivity contribution in [3.05, 3.63) is 23.5 Å². The van der Waals surface area contributed by atoms with Crippen LogP contribution in [-0.2, 0) is 15.4 Å². The largest absolute Gasteiger partial charge is 0.394 e. The zero-order chi connectivity index (χ0) is 19.5. The Morgan fingerprint density at radius 1 is 1.50 bits per heavy atom. The summed E-state index contributed by atoms with van der Waals surface area (Å²) in [5, 5.41) is 41.9. The number of nitrogens with zero attached hydrogens (tertiary/aromatic N) is 1. The molecule has 26 heavy (non-hydrogen) atoms. The van der Waals surface area contributed by atoms with Crippen molar-refractivity contribution in [2.45, 2.75) is 29.1 Å². The quantitative estimate of drug-likeness (QED) is 0.222. The van der Waals surface area contributed by atoms with E-state index in [9.17, 15) is 24.9 Å². The molecule has 11 heteroatoms. The number of alkyl halides is 2. The van der Waals surface area contributed by atoms with Crippen molar-refractivity contribution in [1.29, 1.82) is 0 Å². The van der Waals surface area contributed by atoms with Crippen LogP contribution < -0.4 is 5.32 Å². The highest BCUT2D eigenvalue weighted by molar-refractivity contribution is 6.53. The molecule has 1 saturated heterocycles. The molecule has 1 aliphatic heterocycles. The number of aldehydes is 1. The number of carbonyl (C=O) groups excluding carboxylic acids is 2. The van der Waals surface area contributed by atoms with Gasteiger partial charge in [0, 0.05) is 11.8 Å². The average molecular weight is 407 g/mol. The van der Waals surface area contributed by atoms with Crippen molar-refractivity contribution in [2.24, 2.45) is 0 Å². The zero-order valence-corrected chi connectivity index (χ0v) is 14.7. The van der Waals surface area contributed by atoms with E-state index in [0.29, 0.717) is 6.29 Å². The Bertz CT molecular complexity index is 742. The van der Waals surface area contributed by atoms with E-state index in [0.717, 1.165) is 4.57 Å². The fraction of sp³-hybridized carbons (Fsp3) is 0.467. The van der Waals surface area contributed by atoms with E-state index < -0.39 is 41.6 Å². The number of nitrogens with one attached hydrogen (secondary N) is 1. The maximum Gasteiger partial charge on any atom is 0.283 e. The Hall–Kier alpha value is -1.64. The molecule has 142 valence electrons. The van der Waals surface area contributed by atoms with Crippen LogP contribution in [0.25, 0.3) is 0 Å². The van der Waals surface area contributed by atoms with Gasteiger partial charge in [0.1, 0.15) is 12.2 Å². The van der Waals surface area contributed by atoms with Gasteiger partial charge in [0.05, 0.1) is 18.8 Å². The van der Waals surface area contributed by atoms with Crippen LogP contribution in [0, 0.1) is 11.8 Å². The number of hydrogen-bond donors (Lipinski definition) is 5. The predicted octanol–water partition coefficient (Wildman–Crippen LogP) is -1.71. The van der Waals surface area contributed by atoms with E-state index in [2.05, 4.69) is 17.2 Å². The SMILES string of the molecule is O=Cc1cc(C#CCNC(=O)C(Cl)Cl)cn1[C@@]1(O)O[C@H](CO)[C@@H](O)[C@H]1O. The van der Waals surface area contributed by atoms with Crippen LogP contribution in [0.3, 0.4) is 0 Å². The normalized spacial score (nSPS) is 27.9. The summed E-state index contributed by atoms with van der Waals surface area (Å²) in [6, 6.07) is 1.31. The van der Waals surface area contributed by atoms with Crippen molar-refractivity contribution in [3.8, 4) is 11.8 Å². The third-order valence-electron chi connectivity index (χ3n) is 3.69. The minimum Gasteiger partial charge on any atom is -0.394 e. The molecule has 5 N–H and O–H groups in total. The molecule has 0 aliphatic carbocycles. The van der Waals surface area contributed by atoms with Crippen LogP contribution in [-0.4, -0.2) is 73.5 Å². The van der Waals surface area contributed by atoms with E-state index in [1.54, 1.807) is 0 Å². The van der Waals surface area contributed by atoms with Crippen LogP contribution >= 0.6 is 23.2 Å². The molecule has 0 radical (unpaired) electrons. The maximum absolute atomic E-state index is 11.3. The van der Waals surface area contributed by atoms with Crippen LogP contribution in [0.1, 0.15) is 16.1 Å². The van der Waals surface area contributed by atoms with E-state index in [1.165, 1.54) is 12.3 Å². The molecular weight excluding hydrogens is 391 g/mol. The van der Waals surface area contributed by atoms with Gasteiger partial charge >= 0.3 is 0 Å². The molecule has 1 aromatic heterocycles. The lowest BCUT2D eigenvalue weighted by molar-refractivity contribution is -0.289. The number of hydrogen-bond acceptors (Lipinski definition) is 7. The Morgan fingerprint density at radius 3 is 2.73 bits per heavy atom. The Balaban J connectivity index is 2.22. The predicted molar refractivity (Wildman–Crippen MR) is 89.4 cm³/mol. The third-order valence-corrected chi connectivity index (χ3v) is 4.09. The van der Waals surface area contributed by atoms with Gasteiger partial charge in [-0.25, -0.2) is 0 Å². The molecule has 0 unspecified atom stereocenters. The molecule has 0 saturated carbocycles.